The van der Waals surface area contributed by atoms with E-state index in [0.717, 1.165) is 28.4 Å². The van der Waals surface area contributed by atoms with Gasteiger partial charge < -0.3 is 5.32 Å². The first kappa shape index (κ1) is 23.7. The molecule has 0 unspecified atom stereocenters. The second-order valence-electron chi connectivity index (χ2n) is 7.27. The van der Waals surface area contributed by atoms with Crippen LogP contribution in [0.5, 0.6) is 0 Å². The number of fused-ring (bicyclic) bond motifs is 1. The van der Waals surface area contributed by atoms with Crippen molar-refractivity contribution in [3.8, 4) is 0 Å². The van der Waals surface area contributed by atoms with Crippen LogP contribution in [-0.4, -0.2) is 50.3 Å². The van der Waals surface area contributed by atoms with Crippen molar-refractivity contribution < 1.29 is 18.8 Å². The van der Waals surface area contributed by atoms with Crippen LogP contribution in [0.3, 0.4) is 0 Å². The summed E-state index contributed by atoms with van der Waals surface area (Å²) in [5.74, 6) is -1.34. The van der Waals surface area contributed by atoms with Gasteiger partial charge in [-0.05, 0) is 36.0 Å². The minimum Gasteiger partial charge on any atom is -0.354 e. The van der Waals surface area contributed by atoms with Gasteiger partial charge >= 0.3 is 0 Å². The topological polar surface area (TPSA) is 101 Å². The highest BCUT2D eigenvalue weighted by atomic mass is 32.2. The van der Waals surface area contributed by atoms with Gasteiger partial charge in [0.15, 0.2) is 5.16 Å². The molecule has 0 bridgehead atoms. The van der Waals surface area contributed by atoms with Gasteiger partial charge in [-0.15, -0.1) is 0 Å². The molecule has 4 rings (SSSR count). The first-order valence-electron chi connectivity index (χ1n) is 10.2. The van der Waals surface area contributed by atoms with Crippen molar-refractivity contribution in [2.45, 2.75) is 5.16 Å². The maximum absolute atomic E-state index is 13.8. The minimum atomic E-state index is -0.530. The molecule has 11 heteroatoms. The molecule has 3 aromatic rings. The van der Waals surface area contributed by atoms with Crippen molar-refractivity contribution in [3.63, 3.8) is 0 Å². The molecular weight excluding hydrogens is 479 g/mol. The molecule has 3 amide bonds. The van der Waals surface area contributed by atoms with E-state index in [-0.39, 0.29) is 40.8 Å². The number of amides is 3. The smallest absolute Gasteiger partial charge is 0.293 e. The molecule has 1 fully saturated rings. The molecule has 2 aromatic carbocycles. The zero-order valence-corrected chi connectivity index (χ0v) is 19.6. The number of thioether (sulfide) groups is 2. The molecule has 1 aromatic heterocycles. The van der Waals surface area contributed by atoms with Gasteiger partial charge in [0.25, 0.3) is 16.7 Å². The van der Waals surface area contributed by atoms with E-state index in [1.807, 2.05) is 0 Å². The monoisotopic (exact) mass is 498 g/mol. The average Bonchev–Trinajstić information content (AvgIpc) is 3.09. The standard InChI is InChI=1S/C23H19FN4O4S2/c1-27-20(30)15-7-3-5-9-17(15)26-22(27)33-13-19(29)25-10-11-28-21(31)18(34-23(28)32)12-14-6-2-4-8-16(14)24/h2-9,12H,10-11,13H2,1H3,(H,25,29)/b18-12-. The summed E-state index contributed by atoms with van der Waals surface area (Å²) in [6.45, 7) is 0.0525. The summed E-state index contributed by atoms with van der Waals surface area (Å²) in [6.07, 6.45) is 1.34. The third kappa shape index (κ3) is 5.05. The van der Waals surface area contributed by atoms with E-state index < -0.39 is 17.0 Å². The van der Waals surface area contributed by atoms with Gasteiger partial charge in [-0.1, -0.05) is 42.1 Å². The molecule has 0 saturated carbocycles. The molecule has 8 nitrogen and oxygen atoms in total. The number of carbonyl (C=O) groups is 3. The van der Waals surface area contributed by atoms with Crippen LogP contribution in [-0.2, 0) is 16.6 Å². The maximum Gasteiger partial charge on any atom is 0.293 e. The van der Waals surface area contributed by atoms with E-state index in [9.17, 15) is 23.6 Å². The average molecular weight is 499 g/mol. The summed E-state index contributed by atoms with van der Waals surface area (Å²) < 4.78 is 15.2. The third-order valence-electron chi connectivity index (χ3n) is 5.00. The van der Waals surface area contributed by atoms with Gasteiger partial charge in [0.05, 0.1) is 21.6 Å². The molecule has 0 atom stereocenters. The second-order valence-corrected chi connectivity index (χ2v) is 9.20. The van der Waals surface area contributed by atoms with E-state index in [2.05, 4.69) is 10.3 Å². The number of hydrogen-bond acceptors (Lipinski definition) is 7. The third-order valence-corrected chi connectivity index (χ3v) is 6.93. The first-order chi connectivity index (χ1) is 16.3. The molecule has 0 spiro atoms. The number of halogens is 1. The Morgan fingerprint density at radius 3 is 2.68 bits per heavy atom. The Bertz CT molecular complexity index is 1390. The number of para-hydroxylation sites is 1. The summed E-state index contributed by atoms with van der Waals surface area (Å²) in [4.78, 5) is 55.0. The number of rotatable bonds is 7. The van der Waals surface area contributed by atoms with E-state index in [0.29, 0.717) is 16.1 Å². The predicted molar refractivity (Wildman–Crippen MR) is 130 cm³/mol. The van der Waals surface area contributed by atoms with Gasteiger partial charge in [0.1, 0.15) is 5.82 Å². The summed E-state index contributed by atoms with van der Waals surface area (Å²) in [7, 11) is 1.59. The molecule has 1 saturated heterocycles. The van der Waals surface area contributed by atoms with Crippen LogP contribution in [0.25, 0.3) is 17.0 Å². The SMILES string of the molecule is Cn1c(SCC(=O)NCCN2C(=O)S/C(=C\c3ccccc3F)C2=O)nc2ccccc2c1=O. The van der Waals surface area contributed by atoms with Gasteiger partial charge in [-0.2, -0.15) is 0 Å². The van der Waals surface area contributed by atoms with Gasteiger partial charge in [-0.25, -0.2) is 9.37 Å². The van der Waals surface area contributed by atoms with Gasteiger partial charge in [0.2, 0.25) is 5.91 Å². The fraction of sp³-hybridized carbons (Fsp3) is 0.174. The zero-order valence-electron chi connectivity index (χ0n) is 18.0. The van der Waals surface area contributed by atoms with E-state index in [4.69, 9.17) is 0 Å². The number of nitrogens with zero attached hydrogens (tertiary/aromatic N) is 3. The fourth-order valence-corrected chi connectivity index (χ4v) is 4.90. The van der Waals surface area contributed by atoms with Gasteiger partial charge in [-0.3, -0.25) is 28.6 Å². The Labute approximate surface area is 202 Å². The Kier molecular flexibility index (Phi) is 7.13. The quantitative estimate of drug-likeness (QED) is 0.304. The Balaban J connectivity index is 1.31. The van der Waals surface area contributed by atoms with Crippen LogP contribution in [0.1, 0.15) is 5.56 Å². The number of nitrogens with one attached hydrogen (secondary N) is 1. The Hall–Kier alpha value is -3.44. The number of aromatic nitrogens is 2. The van der Waals surface area contributed by atoms with Crippen molar-refractivity contribution >= 4 is 57.6 Å². The molecule has 1 aliphatic rings. The summed E-state index contributed by atoms with van der Waals surface area (Å²) in [5, 5.41) is 3.08. The highest BCUT2D eigenvalue weighted by Crippen LogP contribution is 2.32. The molecule has 0 aliphatic carbocycles. The minimum absolute atomic E-state index is 0.00764. The second kappa shape index (κ2) is 10.2. The highest BCUT2D eigenvalue weighted by molar-refractivity contribution is 8.18. The lowest BCUT2D eigenvalue weighted by molar-refractivity contribution is -0.123. The molecule has 34 heavy (non-hydrogen) atoms. The molecular formula is C23H19FN4O4S2. The summed E-state index contributed by atoms with van der Waals surface area (Å²) >= 11 is 1.84. The number of hydrogen-bond donors (Lipinski definition) is 1. The van der Waals surface area contributed by atoms with Crippen LogP contribution >= 0.6 is 23.5 Å². The van der Waals surface area contributed by atoms with E-state index >= 15 is 0 Å². The lowest BCUT2D eigenvalue weighted by atomic mass is 10.2. The van der Waals surface area contributed by atoms with Crippen molar-refractivity contribution in [2.24, 2.45) is 7.05 Å². The predicted octanol–water partition coefficient (Wildman–Crippen LogP) is 3.02. The van der Waals surface area contributed by atoms with E-state index in [1.165, 1.54) is 28.8 Å². The van der Waals surface area contributed by atoms with Crippen molar-refractivity contribution in [3.05, 3.63) is 75.2 Å². The summed E-state index contributed by atoms with van der Waals surface area (Å²) in [6, 6.07) is 12.9. The van der Waals surface area contributed by atoms with Crippen molar-refractivity contribution in [1.82, 2.24) is 19.8 Å². The van der Waals surface area contributed by atoms with Crippen LogP contribution in [0.2, 0.25) is 0 Å². The molecule has 1 N–H and O–H groups in total. The van der Waals surface area contributed by atoms with Crippen LogP contribution < -0.4 is 10.9 Å². The van der Waals surface area contributed by atoms with Gasteiger partial charge in [0, 0.05) is 25.7 Å². The largest absolute Gasteiger partial charge is 0.354 e. The first-order valence-corrected chi connectivity index (χ1v) is 12.0. The normalized spacial score (nSPS) is 14.9. The molecule has 1 aliphatic heterocycles. The van der Waals surface area contributed by atoms with Crippen LogP contribution in [0.4, 0.5) is 9.18 Å². The van der Waals surface area contributed by atoms with Crippen LogP contribution in [0, 0.1) is 5.82 Å². The van der Waals surface area contributed by atoms with Crippen LogP contribution in [0.15, 0.2) is 63.4 Å². The fourth-order valence-electron chi connectivity index (χ4n) is 3.24. The Morgan fingerprint density at radius 1 is 1.15 bits per heavy atom. The lowest BCUT2D eigenvalue weighted by Crippen LogP contribution is -2.37. The molecule has 174 valence electrons. The van der Waals surface area contributed by atoms with Crippen molar-refractivity contribution in [1.29, 1.82) is 0 Å². The number of carbonyl (C=O) groups excluding carboxylic acids is 3. The van der Waals surface area contributed by atoms with Crippen molar-refractivity contribution in [2.75, 3.05) is 18.8 Å². The Morgan fingerprint density at radius 2 is 1.88 bits per heavy atom. The van der Waals surface area contributed by atoms with E-state index in [1.54, 1.807) is 37.4 Å². The highest BCUT2D eigenvalue weighted by Gasteiger charge is 2.34. The zero-order chi connectivity index (χ0) is 24.2. The molecule has 2 heterocycles. The maximum atomic E-state index is 13.8. The molecule has 0 radical (unpaired) electrons. The number of imide groups is 1. The summed E-state index contributed by atoms with van der Waals surface area (Å²) in [5.41, 5.74) is 0.572. The number of benzene rings is 2. The lowest BCUT2D eigenvalue weighted by Gasteiger charge is -2.13.